The molecule has 28 heavy (non-hydrogen) atoms. The SMILES string of the molecule is NC(N)=NCc1nc(C(=O)NCC(=O)NC(CC(=O)O)c2ccccc2)cs1. The van der Waals surface area contributed by atoms with Gasteiger partial charge in [0, 0.05) is 5.38 Å². The van der Waals surface area contributed by atoms with Gasteiger partial charge in [0.15, 0.2) is 5.96 Å². The van der Waals surface area contributed by atoms with Gasteiger partial charge in [-0.05, 0) is 5.56 Å². The van der Waals surface area contributed by atoms with E-state index in [-0.39, 0.29) is 31.2 Å². The Bertz CT molecular complexity index is 864. The van der Waals surface area contributed by atoms with Gasteiger partial charge < -0.3 is 27.2 Å². The van der Waals surface area contributed by atoms with E-state index in [9.17, 15) is 14.4 Å². The van der Waals surface area contributed by atoms with Crippen LogP contribution in [0.1, 0.15) is 33.5 Å². The summed E-state index contributed by atoms with van der Waals surface area (Å²) in [6.07, 6.45) is -0.274. The molecule has 0 radical (unpaired) electrons. The van der Waals surface area contributed by atoms with Gasteiger partial charge in [-0.3, -0.25) is 14.4 Å². The number of rotatable bonds is 9. The second kappa shape index (κ2) is 10.0. The fourth-order valence-corrected chi connectivity index (χ4v) is 2.95. The molecule has 2 amide bonds. The molecule has 0 bridgehead atoms. The number of thiazole rings is 1. The highest BCUT2D eigenvalue weighted by Gasteiger charge is 2.19. The molecule has 1 heterocycles. The number of aliphatic carboxylic acids is 1. The predicted octanol–water partition coefficient (Wildman–Crippen LogP) is -0.0215. The number of carbonyl (C=O) groups is 3. The minimum atomic E-state index is -1.05. The van der Waals surface area contributed by atoms with Crippen LogP contribution in [0.2, 0.25) is 0 Å². The molecule has 10 nitrogen and oxygen atoms in total. The summed E-state index contributed by atoms with van der Waals surface area (Å²) in [5, 5.41) is 16.2. The predicted molar refractivity (Wildman–Crippen MR) is 104 cm³/mol. The number of nitrogens with two attached hydrogens (primary N) is 2. The molecule has 0 saturated heterocycles. The number of hydrogen-bond donors (Lipinski definition) is 5. The maximum Gasteiger partial charge on any atom is 0.305 e. The summed E-state index contributed by atoms with van der Waals surface area (Å²) in [4.78, 5) is 43.2. The van der Waals surface area contributed by atoms with E-state index in [2.05, 4.69) is 20.6 Å². The zero-order valence-electron chi connectivity index (χ0n) is 14.8. The van der Waals surface area contributed by atoms with Gasteiger partial charge in [0.1, 0.15) is 10.7 Å². The van der Waals surface area contributed by atoms with Gasteiger partial charge in [0.05, 0.1) is 25.6 Å². The Balaban J connectivity index is 1.90. The van der Waals surface area contributed by atoms with Gasteiger partial charge in [0.25, 0.3) is 5.91 Å². The van der Waals surface area contributed by atoms with Crippen molar-refractivity contribution >= 4 is 35.1 Å². The molecular formula is C17H20N6O4S. The number of carboxylic acid groups (broad SMARTS) is 1. The fraction of sp³-hybridized carbons (Fsp3) is 0.235. The number of benzene rings is 1. The highest BCUT2D eigenvalue weighted by atomic mass is 32.1. The molecule has 0 aliphatic heterocycles. The first kappa shape index (κ1) is 20.8. The minimum absolute atomic E-state index is 0.0767. The zero-order valence-corrected chi connectivity index (χ0v) is 15.6. The molecule has 7 N–H and O–H groups in total. The van der Waals surface area contributed by atoms with Gasteiger partial charge in [-0.1, -0.05) is 30.3 Å². The first-order valence-electron chi connectivity index (χ1n) is 8.19. The van der Waals surface area contributed by atoms with Gasteiger partial charge in [0.2, 0.25) is 5.91 Å². The van der Waals surface area contributed by atoms with Crippen molar-refractivity contribution in [3.8, 4) is 0 Å². The number of guanidine groups is 1. The van der Waals surface area contributed by atoms with E-state index in [1.807, 2.05) is 0 Å². The number of aromatic nitrogens is 1. The Labute approximate surface area is 164 Å². The quantitative estimate of drug-likeness (QED) is 0.288. The first-order valence-corrected chi connectivity index (χ1v) is 9.07. The van der Waals surface area contributed by atoms with Crippen LogP contribution in [0.25, 0.3) is 0 Å². The van der Waals surface area contributed by atoms with Gasteiger partial charge in [-0.2, -0.15) is 0 Å². The van der Waals surface area contributed by atoms with Crippen LogP contribution < -0.4 is 22.1 Å². The standard InChI is InChI=1S/C17H20N6O4S/c18-17(19)21-8-14-23-12(9-28-14)16(27)20-7-13(24)22-11(6-15(25)26)10-4-2-1-3-5-10/h1-5,9,11H,6-8H2,(H,20,27)(H,22,24)(H,25,26)(H4,18,19,21). The number of carboxylic acids is 1. The number of amides is 2. The molecule has 0 saturated carbocycles. The van der Waals surface area contributed by atoms with Crippen LogP contribution in [0.5, 0.6) is 0 Å². The van der Waals surface area contributed by atoms with Crippen molar-refractivity contribution < 1.29 is 19.5 Å². The lowest BCUT2D eigenvalue weighted by atomic mass is 10.0. The van der Waals surface area contributed by atoms with Crippen LogP contribution in [-0.4, -0.2) is 40.4 Å². The molecule has 0 aliphatic carbocycles. The van der Waals surface area contributed by atoms with Gasteiger partial charge in [-0.25, -0.2) is 9.98 Å². The minimum Gasteiger partial charge on any atom is -0.481 e. The van der Waals surface area contributed by atoms with Crippen molar-refractivity contribution in [3.63, 3.8) is 0 Å². The summed E-state index contributed by atoms with van der Waals surface area (Å²) in [6.45, 7) is -0.155. The summed E-state index contributed by atoms with van der Waals surface area (Å²) in [7, 11) is 0. The average Bonchev–Trinajstić information content (AvgIpc) is 3.13. The number of nitrogens with zero attached hydrogens (tertiary/aromatic N) is 2. The lowest BCUT2D eigenvalue weighted by molar-refractivity contribution is -0.137. The van der Waals surface area contributed by atoms with Crippen molar-refractivity contribution in [2.45, 2.75) is 19.0 Å². The largest absolute Gasteiger partial charge is 0.481 e. The zero-order chi connectivity index (χ0) is 20.5. The highest BCUT2D eigenvalue weighted by molar-refractivity contribution is 7.09. The number of aliphatic imine (C=N–C) groups is 1. The maximum absolute atomic E-state index is 12.1. The lowest BCUT2D eigenvalue weighted by Gasteiger charge is -2.17. The van der Waals surface area contributed by atoms with E-state index in [0.717, 1.165) is 0 Å². The van der Waals surface area contributed by atoms with Crippen molar-refractivity contribution in [1.29, 1.82) is 0 Å². The van der Waals surface area contributed by atoms with E-state index in [0.29, 0.717) is 10.6 Å². The molecule has 0 fully saturated rings. The molecule has 1 aromatic heterocycles. The molecule has 2 aromatic rings. The molecule has 2 rings (SSSR count). The third-order valence-corrected chi connectivity index (χ3v) is 4.34. The van der Waals surface area contributed by atoms with E-state index >= 15 is 0 Å². The van der Waals surface area contributed by atoms with Crippen molar-refractivity contribution in [1.82, 2.24) is 15.6 Å². The normalized spacial score (nSPS) is 11.3. The molecule has 0 aliphatic rings. The van der Waals surface area contributed by atoms with Crippen LogP contribution in [0.3, 0.4) is 0 Å². The molecule has 1 aromatic carbocycles. The van der Waals surface area contributed by atoms with Crippen LogP contribution >= 0.6 is 11.3 Å². The monoisotopic (exact) mass is 404 g/mol. The third kappa shape index (κ3) is 6.68. The Kier molecular flexibility index (Phi) is 7.45. The van der Waals surface area contributed by atoms with E-state index in [1.165, 1.54) is 16.7 Å². The Morgan fingerprint density at radius 2 is 1.93 bits per heavy atom. The second-order valence-corrected chi connectivity index (χ2v) is 6.62. The number of hydrogen-bond acceptors (Lipinski definition) is 6. The molecule has 0 spiro atoms. The summed E-state index contributed by atoms with van der Waals surface area (Å²) in [5.41, 5.74) is 11.3. The number of nitrogens with one attached hydrogen (secondary N) is 2. The molecule has 1 atom stereocenters. The maximum atomic E-state index is 12.1. The lowest BCUT2D eigenvalue weighted by Crippen LogP contribution is -2.39. The Hall–Kier alpha value is -3.47. The Morgan fingerprint density at radius 1 is 1.21 bits per heavy atom. The molecule has 1 unspecified atom stereocenters. The average molecular weight is 404 g/mol. The smallest absolute Gasteiger partial charge is 0.305 e. The van der Waals surface area contributed by atoms with E-state index < -0.39 is 23.8 Å². The summed E-state index contributed by atoms with van der Waals surface area (Å²) in [5.74, 6) is -2.17. The fourth-order valence-electron chi connectivity index (χ4n) is 2.26. The van der Waals surface area contributed by atoms with E-state index in [4.69, 9.17) is 16.6 Å². The third-order valence-electron chi connectivity index (χ3n) is 3.51. The van der Waals surface area contributed by atoms with Crippen LogP contribution in [-0.2, 0) is 16.1 Å². The summed E-state index contributed by atoms with van der Waals surface area (Å²) in [6, 6.07) is 8.03. The van der Waals surface area contributed by atoms with Crippen LogP contribution in [0.4, 0.5) is 0 Å². The summed E-state index contributed by atoms with van der Waals surface area (Å²) < 4.78 is 0. The highest BCUT2D eigenvalue weighted by Crippen LogP contribution is 2.16. The van der Waals surface area contributed by atoms with Crippen molar-refractivity contribution in [3.05, 3.63) is 52.0 Å². The molecule has 148 valence electrons. The topological polar surface area (TPSA) is 173 Å². The second-order valence-electron chi connectivity index (χ2n) is 5.68. The van der Waals surface area contributed by atoms with E-state index in [1.54, 1.807) is 30.3 Å². The summed E-state index contributed by atoms with van der Waals surface area (Å²) >= 11 is 1.21. The van der Waals surface area contributed by atoms with Gasteiger partial charge >= 0.3 is 5.97 Å². The molecular weight excluding hydrogens is 384 g/mol. The Morgan fingerprint density at radius 3 is 2.57 bits per heavy atom. The van der Waals surface area contributed by atoms with Gasteiger partial charge in [-0.15, -0.1) is 11.3 Å². The van der Waals surface area contributed by atoms with Crippen LogP contribution in [0, 0.1) is 0 Å². The van der Waals surface area contributed by atoms with Crippen molar-refractivity contribution in [2.24, 2.45) is 16.5 Å². The number of carbonyl (C=O) groups excluding carboxylic acids is 2. The van der Waals surface area contributed by atoms with Crippen molar-refractivity contribution in [2.75, 3.05) is 6.54 Å². The molecule has 11 heteroatoms. The van der Waals surface area contributed by atoms with Crippen LogP contribution in [0.15, 0.2) is 40.7 Å². The first-order chi connectivity index (χ1) is 13.3.